The van der Waals surface area contributed by atoms with Crippen molar-refractivity contribution >= 4 is 5.69 Å². The summed E-state index contributed by atoms with van der Waals surface area (Å²) < 4.78 is 48.1. The van der Waals surface area contributed by atoms with Crippen LogP contribution < -0.4 is 4.74 Å². The van der Waals surface area contributed by atoms with Crippen LogP contribution in [0.15, 0.2) is 28.8 Å². The highest BCUT2D eigenvalue weighted by atomic mass is 19.4. The van der Waals surface area contributed by atoms with Gasteiger partial charge in [0, 0.05) is 6.07 Å². The van der Waals surface area contributed by atoms with Crippen molar-refractivity contribution in [3.8, 4) is 40.2 Å². The van der Waals surface area contributed by atoms with Crippen LogP contribution in [0, 0.1) is 10.1 Å². The number of nitro groups is 1. The van der Waals surface area contributed by atoms with Crippen LogP contribution in [0.4, 0.5) is 18.9 Å². The second-order valence-electron chi connectivity index (χ2n) is 5.29. The molecule has 3 aromatic rings. The third kappa shape index (κ3) is 3.36. The first-order chi connectivity index (χ1) is 13.1. The lowest BCUT2D eigenvalue weighted by molar-refractivity contribution is -0.385. The van der Waals surface area contributed by atoms with Crippen molar-refractivity contribution in [1.82, 2.24) is 15.1 Å². The Morgan fingerprint density at radius 3 is 2.54 bits per heavy atom. The summed E-state index contributed by atoms with van der Waals surface area (Å²) in [5.74, 6) is -2.65. The maximum atomic E-state index is 12.8. The Labute approximate surface area is 153 Å². The number of hydrogen-bond donors (Lipinski definition) is 2. The van der Waals surface area contributed by atoms with Crippen LogP contribution in [0.3, 0.4) is 0 Å². The molecule has 2 N–H and O–H groups in total. The first-order valence-electron chi connectivity index (χ1n) is 7.29. The van der Waals surface area contributed by atoms with E-state index in [-0.39, 0.29) is 22.8 Å². The number of aromatic hydroxyl groups is 2. The SMILES string of the molecule is COc1nc(C(F)(F)F)ccc1-c1noc(-c2cc(O)c(O)c([N+](=O)[O-])c2)n1. The van der Waals surface area contributed by atoms with Crippen molar-refractivity contribution in [1.29, 1.82) is 0 Å². The van der Waals surface area contributed by atoms with Gasteiger partial charge in [-0.25, -0.2) is 4.98 Å². The normalized spacial score (nSPS) is 11.4. The Hall–Kier alpha value is -3.90. The number of halogens is 3. The number of benzene rings is 1. The molecule has 3 rings (SSSR count). The number of alkyl halides is 3. The molecule has 13 heteroatoms. The summed E-state index contributed by atoms with van der Waals surface area (Å²) in [6.07, 6.45) is -4.68. The number of rotatable bonds is 4. The van der Waals surface area contributed by atoms with E-state index in [1.165, 1.54) is 0 Å². The van der Waals surface area contributed by atoms with Gasteiger partial charge in [-0.05, 0) is 18.2 Å². The van der Waals surface area contributed by atoms with Crippen LogP contribution in [0.5, 0.6) is 17.4 Å². The van der Waals surface area contributed by atoms with Gasteiger partial charge in [0.1, 0.15) is 5.69 Å². The lowest BCUT2D eigenvalue weighted by Crippen LogP contribution is -2.09. The molecule has 0 atom stereocenters. The number of nitro benzene ring substituents is 1. The van der Waals surface area contributed by atoms with E-state index < -0.39 is 39.9 Å². The molecule has 0 saturated heterocycles. The van der Waals surface area contributed by atoms with Crippen LogP contribution in [0.25, 0.3) is 22.8 Å². The van der Waals surface area contributed by atoms with Crippen molar-refractivity contribution < 1.29 is 37.6 Å². The molecule has 0 aliphatic carbocycles. The number of nitrogens with zero attached hydrogens (tertiary/aromatic N) is 4. The number of phenols is 2. The fourth-order valence-corrected chi connectivity index (χ4v) is 2.24. The zero-order chi connectivity index (χ0) is 20.6. The van der Waals surface area contributed by atoms with Crippen LogP contribution in [0.1, 0.15) is 5.69 Å². The maximum absolute atomic E-state index is 12.8. The van der Waals surface area contributed by atoms with Crippen LogP contribution in [-0.4, -0.2) is 37.4 Å². The Bertz CT molecular complexity index is 1070. The molecule has 2 heterocycles. The molecule has 0 bridgehead atoms. The van der Waals surface area contributed by atoms with Gasteiger partial charge in [0.15, 0.2) is 5.75 Å². The van der Waals surface area contributed by atoms with E-state index in [2.05, 4.69) is 15.1 Å². The summed E-state index contributed by atoms with van der Waals surface area (Å²) in [7, 11) is 1.11. The molecule has 0 aliphatic heterocycles. The minimum Gasteiger partial charge on any atom is -0.504 e. The molecule has 10 nitrogen and oxygen atoms in total. The largest absolute Gasteiger partial charge is 0.504 e. The Morgan fingerprint density at radius 1 is 1.21 bits per heavy atom. The summed E-state index contributed by atoms with van der Waals surface area (Å²) in [6.45, 7) is 0. The second kappa shape index (κ2) is 6.68. The smallest absolute Gasteiger partial charge is 0.433 e. The molecule has 0 aliphatic rings. The number of ether oxygens (including phenoxy) is 1. The highest BCUT2D eigenvalue weighted by Gasteiger charge is 2.34. The fraction of sp³-hybridized carbons (Fsp3) is 0.133. The Kier molecular flexibility index (Phi) is 4.50. The van der Waals surface area contributed by atoms with Crippen LogP contribution in [-0.2, 0) is 6.18 Å². The molecule has 0 amide bonds. The predicted octanol–water partition coefficient (Wildman–Crippen LogP) is 3.15. The summed E-state index contributed by atoms with van der Waals surface area (Å²) in [5.41, 5.74) is -2.11. The van der Waals surface area contributed by atoms with Gasteiger partial charge in [-0.1, -0.05) is 5.16 Å². The minimum atomic E-state index is -4.68. The first kappa shape index (κ1) is 18.9. The van der Waals surface area contributed by atoms with Gasteiger partial charge in [-0.3, -0.25) is 10.1 Å². The molecular formula is C15H9F3N4O6. The molecule has 0 radical (unpaired) electrons. The Morgan fingerprint density at radius 2 is 1.93 bits per heavy atom. The molecule has 0 fully saturated rings. The second-order valence-corrected chi connectivity index (χ2v) is 5.29. The van der Waals surface area contributed by atoms with E-state index in [1.807, 2.05) is 0 Å². The summed E-state index contributed by atoms with van der Waals surface area (Å²) in [4.78, 5) is 17.3. The summed E-state index contributed by atoms with van der Waals surface area (Å²) >= 11 is 0. The molecule has 146 valence electrons. The van der Waals surface area contributed by atoms with Gasteiger partial charge in [0.05, 0.1) is 23.2 Å². The van der Waals surface area contributed by atoms with Gasteiger partial charge >= 0.3 is 11.9 Å². The average molecular weight is 398 g/mol. The predicted molar refractivity (Wildman–Crippen MR) is 84.5 cm³/mol. The number of methoxy groups -OCH3 is 1. The van der Waals surface area contributed by atoms with Crippen molar-refractivity contribution in [3.63, 3.8) is 0 Å². The van der Waals surface area contributed by atoms with Crippen molar-refractivity contribution in [2.75, 3.05) is 7.11 Å². The Balaban J connectivity index is 2.05. The number of pyridine rings is 1. The van der Waals surface area contributed by atoms with E-state index >= 15 is 0 Å². The third-order valence-corrected chi connectivity index (χ3v) is 3.52. The van der Waals surface area contributed by atoms with E-state index in [1.54, 1.807) is 0 Å². The maximum Gasteiger partial charge on any atom is 0.433 e. The number of aromatic nitrogens is 3. The van der Waals surface area contributed by atoms with Gasteiger partial charge in [0.25, 0.3) is 5.89 Å². The number of hydrogen-bond acceptors (Lipinski definition) is 9. The van der Waals surface area contributed by atoms with Gasteiger partial charge in [0.2, 0.25) is 17.5 Å². The van der Waals surface area contributed by atoms with E-state index in [0.717, 1.165) is 25.3 Å². The lowest BCUT2D eigenvalue weighted by atomic mass is 10.1. The highest BCUT2D eigenvalue weighted by molar-refractivity contribution is 5.69. The molecule has 1 aromatic carbocycles. The van der Waals surface area contributed by atoms with E-state index in [9.17, 15) is 33.5 Å². The van der Waals surface area contributed by atoms with E-state index in [4.69, 9.17) is 9.26 Å². The van der Waals surface area contributed by atoms with Crippen LogP contribution >= 0.6 is 0 Å². The molecule has 28 heavy (non-hydrogen) atoms. The first-order valence-corrected chi connectivity index (χ1v) is 7.29. The van der Waals surface area contributed by atoms with Crippen LogP contribution in [0.2, 0.25) is 0 Å². The summed E-state index contributed by atoms with van der Waals surface area (Å²) in [6, 6.07) is 3.56. The standard InChI is InChI=1S/C15H9F3N4O6/c1-27-14-7(2-3-10(19-14)15(16,17)18)12-20-13(28-21-12)6-4-8(22(25)26)11(24)9(23)5-6/h2-5,23-24H,1H3. The zero-order valence-electron chi connectivity index (χ0n) is 13.8. The van der Waals surface area contributed by atoms with Gasteiger partial charge in [-0.15, -0.1) is 0 Å². The van der Waals surface area contributed by atoms with E-state index in [0.29, 0.717) is 6.07 Å². The minimum absolute atomic E-state index is 0.0250. The van der Waals surface area contributed by atoms with Crippen molar-refractivity contribution in [3.05, 3.63) is 40.1 Å². The number of phenolic OH excluding ortho intramolecular Hbond substituents is 2. The topological polar surface area (TPSA) is 145 Å². The monoisotopic (exact) mass is 398 g/mol. The highest BCUT2D eigenvalue weighted by Crippen LogP contribution is 2.40. The molecule has 0 unspecified atom stereocenters. The quantitative estimate of drug-likeness (QED) is 0.384. The summed E-state index contributed by atoms with van der Waals surface area (Å²) in [5, 5.41) is 33.7. The van der Waals surface area contributed by atoms with Crippen molar-refractivity contribution in [2.24, 2.45) is 0 Å². The zero-order valence-corrected chi connectivity index (χ0v) is 13.8. The molecule has 0 spiro atoms. The van der Waals surface area contributed by atoms with Gasteiger partial charge in [-0.2, -0.15) is 18.2 Å². The molecule has 0 saturated carbocycles. The molecular weight excluding hydrogens is 389 g/mol. The fourth-order valence-electron chi connectivity index (χ4n) is 2.24. The van der Waals surface area contributed by atoms with Crippen molar-refractivity contribution in [2.45, 2.75) is 6.18 Å². The lowest BCUT2D eigenvalue weighted by Gasteiger charge is -2.09. The van der Waals surface area contributed by atoms with Gasteiger partial charge < -0.3 is 19.5 Å². The average Bonchev–Trinajstić information content (AvgIpc) is 3.12. The molecule has 2 aromatic heterocycles. The third-order valence-electron chi connectivity index (χ3n) is 3.52.